The summed E-state index contributed by atoms with van der Waals surface area (Å²) in [5.74, 6) is -0.0655. The van der Waals surface area contributed by atoms with Crippen LogP contribution in [-0.2, 0) is 20.9 Å². The van der Waals surface area contributed by atoms with Crippen LogP contribution in [0.3, 0.4) is 0 Å². The number of nitrogens with one attached hydrogen (secondary N) is 1. The van der Waals surface area contributed by atoms with E-state index in [0.29, 0.717) is 26.0 Å². The lowest BCUT2D eigenvalue weighted by atomic mass is 9.81. The Bertz CT molecular complexity index is 879. The molecule has 2 aromatic rings. The van der Waals surface area contributed by atoms with Gasteiger partial charge in [0.15, 0.2) is 0 Å². The normalized spacial score (nSPS) is 20.7. The Balaban J connectivity index is 1.42. The molecule has 1 unspecified atom stereocenters. The SMILES string of the molecule is CCCN1C(=O)C(COCc2ccccc2)NC(=O)C12CCN(c1ccccc1)CC2. The Hall–Kier alpha value is -2.86. The number of piperidine rings is 1. The van der Waals surface area contributed by atoms with Crippen LogP contribution in [0, 0.1) is 0 Å². The van der Waals surface area contributed by atoms with Crippen LogP contribution < -0.4 is 10.2 Å². The van der Waals surface area contributed by atoms with E-state index in [1.165, 1.54) is 0 Å². The molecule has 6 nitrogen and oxygen atoms in total. The summed E-state index contributed by atoms with van der Waals surface area (Å²) in [6, 6.07) is 19.5. The average Bonchev–Trinajstić information content (AvgIpc) is 2.82. The maximum Gasteiger partial charge on any atom is 0.248 e. The minimum Gasteiger partial charge on any atom is -0.374 e. The van der Waals surface area contributed by atoms with Crippen molar-refractivity contribution in [2.75, 3.05) is 31.1 Å². The predicted molar refractivity (Wildman–Crippen MR) is 121 cm³/mol. The number of amides is 2. The number of carbonyl (C=O) groups excluding carboxylic acids is 2. The molecule has 2 fully saturated rings. The number of para-hydroxylation sites is 1. The fraction of sp³-hybridized carbons (Fsp3) is 0.440. The summed E-state index contributed by atoms with van der Waals surface area (Å²) in [6.45, 7) is 4.75. The van der Waals surface area contributed by atoms with Crippen molar-refractivity contribution in [3.8, 4) is 0 Å². The van der Waals surface area contributed by atoms with Crippen molar-refractivity contribution in [1.82, 2.24) is 10.2 Å². The van der Waals surface area contributed by atoms with Crippen molar-refractivity contribution < 1.29 is 14.3 Å². The van der Waals surface area contributed by atoms with E-state index in [-0.39, 0.29) is 18.4 Å². The summed E-state index contributed by atoms with van der Waals surface area (Å²) in [4.78, 5) is 30.8. The number of hydrogen-bond acceptors (Lipinski definition) is 4. The fourth-order valence-electron chi connectivity index (χ4n) is 4.68. The Labute approximate surface area is 184 Å². The van der Waals surface area contributed by atoms with Gasteiger partial charge in [0.1, 0.15) is 11.6 Å². The van der Waals surface area contributed by atoms with Gasteiger partial charge in [-0.15, -0.1) is 0 Å². The smallest absolute Gasteiger partial charge is 0.248 e. The second-order valence-electron chi connectivity index (χ2n) is 8.37. The maximum atomic E-state index is 13.3. The molecule has 2 aromatic carbocycles. The van der Waals surface area contributed by atoms with Crippen molar-refractivity contribution >= 4 is 17.5 Å². The molecule has 2 heterocycles. The number of rotatable bonds is 7. The van der Waals surface area contributed by atoms with Crippen LogP contribution >= 0.6 is 0 Å². The fourth-order valence-corrected chi connectivity index (χ4v) is 4.68. The van der Waals surface area contributed by atoms with Crippen molar-refractivity contribution in [3.63, 3.8) is 0 Å². The number of ether oxygens (including phenoxy) is 1. The Morgan fingerprint density at radius 2 is 1.65 bits per heavy atom. The molecule has 164 valence electrons. The van der Waals surface area contributed by atoms with Gasteiger partial charge in [-0.05, 0) is 37.0 Å². The minimum absolute atomic E-state index is 0.0253. The lowest BCUT2D eigenvalue weighted by Crippen LogP contribution is -2.73. The van der Waals surface area contributed by atoms with E-state index in [4.69, 9.17) is 4.74 Å². The van der Waals surface area contributed by atoms with Gasteiger partial charge in [-0.1, -0.05) is 55.5 Å². The summed E-state index contributed by atoms with van der Waals surface area (Å²) >= 11 is 0. The van der Waals surface area contributed by atoms with E-state index in [2.05, 4.69) is 22.3 Å². The molecule has 1 N–H and O–H groups in total. The molecule has 31 heavy (non-hydrogen) atoms. The summed E-state index contributed by atoms with van der Waals surface area (Å²) in [5, 5.41) is 2.98. The van der Waals surface area contributed by atoms with Crippen molar-refractivity contribution in [1.29, 1.82) is 0 Å². The molecular weight excluding hydrogens is 390 g/mol. The number of hydrogen-bond donors (Lipinski definition) is 1. The van der Waals surface area contributed by atoms with E-state index >= 15 is 0 Å². The Morgan fingerprint density at radius 1 is 1.00 bits per heavy atom. The summed E-state index contributed by atoms with van der Waals surface area (Å²) in [7, 11) is 0. The zero-order valence-electron chi connectivity index (χ0n) is 18.1. The highest BCUT2D eigenvalue weighted by Gasteiger charge is 2.53. The van der Waals surface area contributed by atoms with Crippen molar-refractivity contribution in [3.05, 3.63) is 66.2 Å². The van der Waals surface area contributed by atoms with E-state index in [1.807, 2.05) is 60.4 Å². The molecule has 2 aliphatic rings. The molecular formula is C25H31N3O3. The van der Waals surface area contributed by atoms with E-state index in [0.717, 1.165) is 30.8 Å². The topological polar surface area (TPSA) is 61.9 Å². The van der Waals surface area contributed by atoms with Gasteiger partial charge >= 0.3 is 0 Å². The first-order valence-corrected chi connectivity index (χ1v) is 11.2. The molecule has 0 saturated carbocycles. The van der Waals surface area contributed by atoms with Crippen LogP contribution in [0.4, 0.5) is 5.69 Å². The zero-order chi connectivity index (χ0) is 21.7. The van der Waals surface area contributed by atoms with Gasteiger partial charge in [0.2, 0.25) is 11.8 Å². The largest absolute Gasteiger partial charge is 0.374 e. The zero-order valence-corrected chi connectivity index (χ0v) is 18.1. The predicted octanol–water partition coefficient (Wildman–Crippen LogP) is 2.98. The van der Waals surface area contributed by atoms with Crippen LogP contribution in [-0.4, -0.2) is 54.5 Å². The monoisotopic (exact) mass is 421 g/mol. The molecule has 2 aliphatic heterocycles. The van der Waals surface area contributed by atoms with Crippen LogP contribution in [0.1, 0.15) is 31.7 Å². The number of carbonyl (C=O) groups is 2. The van der Waals surface area contributed by atoms with Gasteiger partial charge in [0.25, 0.3) is 0 Å². The van der Waals surface area contributed by atoms with Gasteiger partial charge in [0.05, 0.1) is 13.2 Å². The van der Waals surface area contributed by atoms with E-state index < -0.39 is 11.6 Å². The molecule has 0 aliphatic carbocycles. The number of benzene rings is 2. The Kier molecular flexibility index (Phi) is 6.56. The highest BCUT2D eigenvalue weighted by molar-refractivity contribution is 6.00. The van der Waals surface area contributed by atoms with Crippen LogP contribution in [0.2, 0.25) is 0 Å². The molecule has 0 bridgehead atoms. The summed E-state index contributed by atoms with van der Waals surface area (Å²) in [6.07, 6.45) is 2.09. The highest BCUT2D eigenvalue weighted by atomic mass is 16.5. The Morgan fingerprint density at radius 3 is 2.29 bits per heavy atom. The van der Waals surface area contributed by atoms with Gasteiger partial charge in [0, 0.05) is 25.3 Å². The minimum atomic E-state index is -0.756. The molecule has 1 atom stereocenters. The number of nitrogens with zero attached hydrogens (tertiary/aromatic N) is 2. The first kappa shape index (κ1) is 21.4. The van der Waals surface area contributed by atoms with Crippen LogP contribution in [0.25, 0.3) is 0 Å². The second kappa shape index (κ2) is 9.52. The molecule has 1 spiro atoms. The molecule has 0 radical (unpaired) electrons. The second-order valence-corrected chi connectivity index (χ2v) is 8.37. The molecule has 0 aromatic heterocycles. The number of anilines is 1. The van der Waals surface area contributed by atoms with Crippen LogP contribution in [0.5, 0.6) is 0 Å². The molecule has 2 amide bonds. The third kappa shape index (κ3) is 4.44. The standard InChI is InChI=1S/C25H31N3O3/c1-2-15-28-23(29)22(19-31-18-20-9-5-3-6-10-20)26-24(30)25(28)13-16-27(17-14-25)21-11-7-4-8-12-21/h3-12,22H,2,13-19H2,1H3,(H,26,30). The van der Waals surface area contributed by atoms with Gasteiger partial charge < -0.3 is 19.9 Å². The van der Waals surface area contributed by atoms with Gasteiger partial charge in [-0.25, -0.2) is 0 Å². The molecule has 4 rings (SSSR count). The molecule has 6 heteroatoms. The first-order chi connectivity index (χ1) is 15.1. The van der Waals surface area contributed by atoms with Crippen LogP contribution in [0.15, 0.2) is 60.7 Å². The third-order valence-corrected chi connectivity index (χ3v) is 6.36. The van der Waals surface area contributed by atoms with E-state index in [9.17, 15) is 9.59 Å². The summed E-state index contributed by atoms with van der Waals surface area (Å²) < 4.78 is 5.78. The molecule has 2 saturated heterocycles. The quantitative estimate of drug-likeness (QED) is 0.747. The maximum absolute atomic E-state index is 13.3. The third-order valence-electron chi connectivity index (χ3n) is 6.36. The summed E-state index contributed by atoms with van der Waals surface area (Å²) in [5.41, 5.74) is 1.45. The van der Waals surface area contributed by atoms with E-state index in [1.54, 1.807) is 0 Å². The van der Waals surface area contributed by atoms with Crippen molar-refractivity contribution in [2.45, 2.75) is 44.4 Å². The van der Waals surface area contributed by atoms with Gasteiger partial charge in [-0.2, -0.15) is 0 Å². The lowest BCUT2D eigenvalue weighted by Gasteiger charge is -2.51. The highest BCUT2D eigenvalue weighted by Crippen LogP contribution is 2.34. The number of piperazine rings is 1. The van der Waals surface area contributed by atoms with Crippen molar-refractivity contribution in [2.24, 2.45) is 0 Å². The first-order valence-electron chi connectivity index (χ1n) is 11.2. The average molecular weight is 422 g/mol. The van der Waals surface area contributed by atoms with Gasteiger partial charge in [-0.3, -0.25) is 9.59 Å². The lowest BCUT2D eigenvalue weighted by molar-refractivity contribution is -0.161.